The average molecular weight is 411 g/mol. The van der Waals surface area contributed by atoms with E-state index in [0.29, 0.717) is 5.56 Å². The normalized spacial score (nSPS) is 12.0. The molecule has 0 aromatic heterocycles. The van der Waals surface area contributed by atoms with E-state index < -0.39 is 20.4 Å². The van der Waals surface area contributed by atoms with Gasteiger partial charge in [0.2, 0.25) is 0 Å². The van der Waals surface area contributed by atoms with Crippen LogP contribution in [0.1, 0.15) is 29.8 Å². The fourth-order valence-corrected chi connectivity index (χ4v) is 5.06. The highest BCUT2D eigenvalue weighted by atomic mass is 32.2. The van der Waals surface area contributed by atoms with Gasteiger partial charge in [0.25, 0.3) is 0 Å². The maximum atomic E-state index is 13.1. The molecule has 0 amide bonds. The third-order valence-corrected chi connectivity index (χ3v) is 8.08. The first-order valence-electron chi connectivity index (χ1n) is 8.91. The van der Waals surface area contributed by atoms with E-state index in [-0.39, 0.29) is 4.90 Å². The lowest BCUT2D eigenvalue weighted by Crippen LogP contribution is -2.40. The Balaban J connectivity index is 1.84. The van der Waals surface area contributed by atoms with Crippen LogP contribution in [-0.4, -0.2) is 18.9 Å². The lowest BCUT2D eigenvalue weighted by atomic mass is 10.0. The van der Waals surface area contributed by atoms with E-state index in [9.17, 15) is 13.2 Å². The van der Waals surface area contributed by atoms with Crippen LogP contribution in [0.25, 0.3) is 0 Å². The first kappa shape index (κ1) is 20.4. The number of hydrogen-bond acceptors (Lipinski definition) is 4. The van der Waals surface area contributed by atoms with Crippen molar-refractivity contribution in [1.82, 2.24) is 0 Å². The molecule has 0 radical (unpaired) electrons. The van der Waals surface area contributed by atoms with Gasteiger partial charge in [-0.25, -0.2) is 8.42 Å². The Bertz CT molecular complexity index is 1070. The second-order valence-corrected chi connectivity index (χ2v) is 10.7. The molecule has 0 aliphatic heterocycles. The van der Waals surface area contributed by atoms with Crippen molar-refractivity contribution in [3.05, 3.63) is 90.0 Å². The number of carbonyl (C=O) groups is 1. The summed E-state index contributed by atoms with van der Waals surface area (Å²) in [6, 6.07) is 23.6. The van der Waals surface area contributed by atoms with Crippen LogP contribution in [0.4, 0.5) is 0 Å². The molecular weight excluding hydrogens is 388 g/mol. The summed E-state index contributed by atoms with van der Waals surface area (Å²) in [5.41, 5.74) is 1.35. The molecule has 0 heterocycles. The molecule has 3 nitrogen and oxygen atoms in total. The lowest BCUT2D eigenvalue weighted by molar-refractivity contribution is 0.0953. The Labute approximate surface area is 170 Å². The van der Waals surface area contributed by atoms with Crippen LogP contribution in [0, 0.1) is 6.92 Å². The van der Waals surface area contributed by atoms with E-state index in [0.717, 1.165) is 15.4 Å². The number of benzene rings is 3. The third-order valence-electron chi connectivity index (χ3n) is 4.65. The highest BCUT2D eigenvalue weighted by Gasteiger charge is 2.42. The van der Waals surface area contributed by atoms with Crippen LogP contribution in [-0.2, 0) is 9.84 Å². The zero-order chi connectivity index (χ0) is 20.4. The van der Waals surface area contributed by atoms with Crippen molar-refractivity contribution in [2.24, 2.45) is 0 Å². The minimum absolute atomic E-state index is 0.160. The molecule has 0 atom stereocenters. The molecule has 5 heteroatoms. The summed E-state index contributed by atoms with van der Waals surface area (Å²) in [4.78, 5) is 15.3. The standard InChI is InChI=1S/C23H22O3S2/c1-17-9-15-21(16-10-17)28(25,26)23(2,3)22(24)18-11-13-20(14-12-18)27-19-7-5-4-6-8-19/h4-16H,1-3H3. The molecule has 28 heavy (non-hydrogen) atoms. The Morgan fingerprint density at radius 1 is 0.786 bits per heavy atom. The number of Topliss-reactive ketones (excluding diaryl/α,β-unsaturated/α-hetero) is 1. The van der Waals surface area contributed by atoms with Gasteiger partial charge in [-0.05, 0) is 57.2 Å². The van der Waals surface area contributed by atoms with Crippen LogP contribution in [0.5, 0.6) is 0 Å². The van der Waals surface area contributed by atoms with Gasteiger partial charge in [0.05, 0.1) is 4.90 Å². The van der Waals surface area contributed by atoms with Gasteiger partial charge in [-0.3, -0.25) is 4.79 Å². The molecule has 0 saturated heterocycles. The fraction of sp³-hybridized carbons (Fsp3) is 0.174. The summed E-state index contributed by atoms with van der Waals surface area (Å²) in [5, 5.41) is 0. The molecule has 0 saturated carbocycles. The van der Waals surface area contributed by atoms with Crippen molar-refractivity contribution in [2.45, 2.75) is 40.2 Å². The number of aryl methyl sites for hydroxylation is 1. The lowest BCUT2D eigenvalue weighted by Gasteiger charge is -2.23. The summed E-state index contributed by atoms with van der Waals surface area (Å²) in [5.74, 6) is -0.413. The second kappa shape index (κ2) is 7.94. The molecule has 0 bridgehead atoms. The molecule has 144 valence electrons. The predicted octanol–water partition coefficient (Wildman–Crippen LogP) is 5.58. The molecule has 0 aliphatic carbocycles. The minimum Gasteiger partial charge on any atom is -0.292 e. The molecule has 0 spiro atoms. The van der Waals surface area contributed by atoms with Crippen LogP contribution < -0.4 is 0 Å². The summed E-state index contributed by atoms with van der Waals surface area (Å²) in [6.07, 6.45) is 0. The van der Waals surface area contributed by atoms with Crippen molar-refractivity contribution < 1.29 is 13.2 Å². The summed E-state index contributed by atoms with van der Waals surface area (Å²) in [6.45, 7) is 4.83. The minimum atomic E-state index is -3.82. The SMILES string of the molecule is Cc1ccc(S(=O)(=O)C(C)(C)C(=O)c2ccc(Sc3ccccc3)cc2)cc1. The Kier molecular flexibility index (Phi) is 5.77. The highest BCUT2D eigenvalue weighted by Crippen LogP contribution is 2.31. The number of ketones is 1. The van der Waals surface area contributed by atoms with E-state index in [2.05, 4.69) is 0 Å². The van der Waals surface area contributed by atoms with Gasteiger partial charge >= 0.3 is 0 Å². The Morgan fingerprint density at radius 2 is 1.32 bits per heavy atom. The van der Waals surface area contributed by atoms with E-state index in [1.54, 1.807) is 48.2 Å². The molecular formula is C23H22O3S2. The van der Waals surface area contributed by atoms with Crippen molar-refractivity contribution >= 4 is 27.4 Å². The van der Waals surface area contributed by atoms with Gasteiger partial charge in [-0.15, -0.1) is 0 Å². The third kappa shape index (κ3) is 4.05. The quantitative estimate of drug-likeness (QED) is 0.498. The van der Waals surface area contributed by atoms with Gasteiger partial charge in [0.15, 0.2) is 15.6 Å². The molecule has 3 aromatic rings. The second-order valence-electron chi connectivity index (χ2n) is 7.10. The predicted molar refractivity (Wildman–Crippen MR) is 114 cm³/mol. The Morgan fingerprint density at radius 3 is 1.89 bits per heavy atom. The summed E-state index contributed by atoms with van der Waals surface area (Å²) in [7, 11) is -3.82. The number of sulfone groups is 1. The smallest absolute Gasteiger partial charge is 0.190 e. The first-order chi connectivity index (χ1) is 13.2. The van der Waals surface area contributed by atoms with Crippen LogP contribution in [0.2, 0.25) is 0 Å². The summed E-state index contributed by atoms with van der Waals surface area (Å²) < 4.78 is 24.6. The Hall–Kier alpha value is -2.37. The first-order valence-corrected chi connectivity index (χ1v) is 11.2. The van der Waals surface area contributed by atoms with Crippen LogP contribution in [0.15, 0.2) is 93.5 Å². The van der Waals surface area contributed by atoms with Crippen molar-refractivity contribution in [3.8, 4) is 0 Å². The molecule has 0 unspecified atom stereocenters. The maximum absolute atomic E-state index is 13.1. The largest absolute Gasteiger partial charge is 0.292 e. The van der Waals surface area contributed by atoms with E-state index in [1.807, 2.05) is 49.4 Å². The zero-order valence-corrected chi connectivity index (χ0v) is 17.7. The van der Waals surface area contributed by atoms with Crippen LogP contribution in [0.3, 0.4) is 0 Å². The van der Waals surface area contributed by atoms with Crippen molar-refractivity contribution in [1.29, 1.82) is 0 Å². The molecule has 3 aromatic carbocycles. The van der Waals surface area contributed by atoms with Crippen LogP contribution >= 0.6 is 11.8 Å². The number of rotatable bonds is 6. The highest BCUT2D eigenvalue weighted by molar-refractivity contribution is 7.99. The van der Waals surface area contributed by atoms with Gasteiger partial charge in [-0.2, -0.15) is 0 Å². The average Bonchev–Trinajstić information content (AvgIpc) is 2.69. The van der Waals surface area contributed by atoms with Crippen molar-refractivity contribution in [3.63, 3.8) is 0 Å². The van der Waals surface area contributed by atoms with E-state index in [4.69, 9.17) is 0 Å². The zero-order valence-electron chi connectivity index (χ0n) is 16.0. The number of hydrogen-bond donors (Lipinski definition) is 0. The molecule has 0 aliphatic rings. The van der Waals surface area contributed by atoms with Crippen molar-refractivity contribution in [2.75, 3.05) is 0 Å². The fourth-order valence-electron chi connectivity index (χ4n) is 2.78. The topological polar surface area (TPSA) is 51.2 Å². The molecule has 0 N–H and O–H groups in total. The maximum Gasteiger partial charge on any atom is 0.190 e. The van der Waals surface area contributed by atoms with E-state index >= 15 is 0 Å². The van der Waals surface area contributed by atoms with Gasteiger partial charge in [0.1, 0.15) is 4.75 Å². The number of carbonyl (C=O) groups excluding carboxylic acids is 1. The molecule has 0 fully saturated rings. The monoisotopic (exact) mass is 410 g/mol. The van der Waals surface area contributed by atoms with Gasteiger partial charge in [-0.1, -0.05) is 59.8 Å². The molecule has 3 rings (SSSR count). The van der Waals surface area contributed by atoms with E-state index in [1.165, 1.54) is 13.8 Å². The van der Waals surface area contributed by atoms with Gasteiger partial charge in [0, 0.05) is 15.4 Å². The summed E-state index contributed by atoms with van der Waals surface area (Å²) >= 11 is 1.59. The van der Waals surface area contributed by atoms with Gasteiger partial charge < -0.3 is 0 Å².